The van der Waals surface area contributed by atoms with Crippen LogP contribution in [0.4, 0.5) is 0 Å². The highest BCUT2D eigenvalue weighted by Gasteiger charge is 2.10. The summed E-state index contributed by atoms with van der Waals surface area (Å²) in [5.74, 6) is -1.49. The third-order valence-corrected chi connectivity index (χ3v) is 2.10. The summed E-state index contributed by atoms with van der Waals surface area (Å²) in [6, 6.07) is 5.70. The summed E-state index contributed by atoms with van der Waals surface area (Å²) < 4.78 is 0. The zero-order valence-electron chi connectivity index (χ0n) is 8.11. The van der Waals surface area contributed by atoms with Crippen LogP contribution in [0.15, 0.2) is 24.3 Å². The normalized spacial score (nSPS) is 10.2. The molecule has 0 aliphatic rings. The molecule has 0 atom stereocenters. The van der Waals surface area contributed by atoms with Gasteiger partial charge in [-0.1, -0.05) is 6.07 Å². The van der Waals surface area contributed by atoms with Crippen LogP contribution < -0.4 is 5.32 Å². The molecule has 0 heterocycles. The fourth-order valence-electron chi connectivity index (χ4n) is 1.07. The first-order chi connectivity index (χ1) is 7.50. The summed E-state index contributed by atoms with van der Waals surface area (Å²) in [5, 5.41) is 11.2. The number of carboxylic acid groups (broad SMARTS) is 1. The Morgan fingerprint density at radius 1 is 1.31 bits per heavy atom. The summed E-state index contributed by atoms with van der Waals surface area (Å²) in [7, 11) is 0. The van der Waals surface area contributed by atoms with Crippen LogP contribution in [0.5, 0.6) is 0 Å². The molecule has 86 valence electrons. The molecule has 1 aromatic rings. The number of aromatic carboxylic acids is 1. The van der Waals surface area contributed by atoms with E-state index in [9.17, 15) is 9.59 Å². The molecule has 0 aromatic heterocycles. The Labute approximate surface area is 102 Å². The Morgan fingerprint density at radius 2 is 1.94 bits per heavy atom. The lowest BCUT2D eigenvalue weighted by Crippen LogP contribution is -2.27. The van der Waals surface area contributed by atoms with Crippen molar-refractivity contribution in [2.24, 2.45) is 0 Å². The molecule has 1 rings (SSSR count). The second kappa shape index (κ2) is 5.72. The van der Waals surface area contributed by atoms with Gasteiger partial charge in [-0.15, -0.1) is 23.2 Å². The summed E-state index contributed by atoms with van der Waals surface area (Å²) in [4.78, 5) is 21.5. The monoisotopic (exact) mass is 261 g/mol. The highest BCUT2D eigenvalue weighted by atomic mass is 35.5. The zero-order chi connectivity index (χ0) is 12.1. The SMILES string of the molecule is O=C(O)c1cccc(C(=O)NCC(Cl)Cl)c1. The van der Waals surface area contributed by atoms with E-state index < -0.39 is 16.7 Å². The average molecular weight is 262 g/mol. The van der Waals surface area contributed by atoms with Crippen molar-refractivity contribution in [3.8, 4) is 0 Å². The first kappa shape index (κ1) is 12.8. The molecule has 4 nitrogen and oxygen atoms in total. The third-order valence-electron chi connectivity index (χ3n) is 1.79. The summed E-state index contributed by atoms with van der Waals surface area (Å²) >= 11 is 10.9. The van der Waals surface area contributed by atoms with Gasteiger partial charge in [0.1, 0.15) is 4.84 Å². The number of hydrogen-bond donors (Lipinski definition) is 2. The Morgan fingerprint density at radius 3 is 2.50 bits per heavy atom. The average Bonchev–Trinajstić information content (AvgIpc) is 2.26. The first-order valence-corrected chi connectivity index (χ1v) is 5.27. The van der Waals surface area contributed by atoms with Gasteiger partial charge < -0.3 is 10.4 Å². The van der Waals surface area contributed by atoms with Gasteiger partial charge in [0, 0.05) is 12.1 Å². The minimum Gasteiger partial charge on any atom is -0.478 e. The second-order valence-electron chi connectivity index (χ2n) is 2.99. The number of carboxylic acids is 1. The predicted molar refractivity (Wildman–Crippen MR) is 61.2 cm³/mol. The molecule has 0 aliphatic heterocycles. The maximum absolute atomic E-state index is 11.5. The van der Waals surface area contributed by atoms with E-state index in [1.807, 2.05) is 0 Å². The number of hydrogen-bond acceptors (Lipinski definition) is 2. The van der Waals surface area contributed by atoms with Gasteiger partial charge in [0.25, 0.3) is 5.91 Å². The molecule has 16 heavy (non-hydrogen) atoms. The number of amides is 1. The van der Waals surface area contributed by atoms with E-state index in [0.29, 0.717) is 0 Å². The van der Waals surface area contributed by atoms with Crippen molar-refractivity contribution in [3.05, 3.63) is 35.4 Å². The van der Waals surface area contributed by atoms with Crippen LogP contribution in [-0.4, -0.2) is 28.4 Å². The smallest absolute Gasteiger partial charge is 0.335 e. The van der Waals surface area contributed by atoms with Gasteiger partial charge in [-0.25, -0.2) is 4.79 Å². The largest absolute Gasteiger partial charge is 0.478 e. The lowest BCUT2D eigenvalue weighted by molar-refractivity contribution is 0.0697. The zero-order valence-corrected chi connectivity index (χ0v) is 9.63. The van der Waals surface area contributed by atoms with Gasteiger partial charge in [-0.05, 0) is 18.2 Å². The Balaban J connectivity index is 2.76. The molecule has 1 aromatic carbocycles. The van der Waals surface area contributed by atoms with Gasteiger partial charge in [0.15, 0.2) is 0 Å². The van der Waals surface area contributed by atoms with Crippen molar-refractivity contribution < 1.29 is 14.7 Å². The molecule has 6 heteroatoms. The lowest BCUT2D eigenvalue weighted by Gasteiger charge is -2.05. The maximum Gasteiger partial charge on any atom is 0.335 e. The number of nitrogens with one attached hydrogen (secondary N) is 1. The third kappa shape index (κ3) is 3.72. The van der Waals surface area contributed by atoms with Gasteiger partial charge in [0.05, 0.1) is 5.56 Å². The molecule has 0 aliphatic carbocycles. The van der Waals surface area contributed by atoms with Crippen molar-refractivity contribution >= 4 is 35.1 Å². The highest BCUT2D eigenvalue weighted by molar-refractivity contribution is 6.44. The van der Waals surface area contributed by atoms with E-state index in [0.717, 1.165) is 0 Å². The fraction of sp³-hybridized carbons (Fsp3) is 0.200. The standard InChI is InChI=1S/C10H9Cl2NO3/c11-8(12)5-13-9(14)6-2-1-3-7(4-6)10(15)16/h1-4,8H,5H2,(H,13,14)(H,15,16). The fourth-order valence-corrected chi connectivity index (χ4v) is 1.22. The maximum atomic E-state index is 11.5. The topological polar surface area (TPSA) is 66.4 Å². The Bertz CT molecular complexity index is 407. The van der Waals surface area contributed by atoms with Gasteiger partial charge in [-0.3, -0.25) is 4.79 Å². The molecular formula is C10H9Cl2NO3. The quantitative estimate of drug-likeness (QED) is 0.814. The van der Waals surface area contributed by atoms with Crippen LogP contribution in [0.1, 0.15) is 20.7 Å². The Kier molecular flexibility index (Phi) is 4.58. The van der Waals surface area contributed by atoms with Crippen LogP contribution in [0.2, 0.25) is 0 Å². The first-order valence-electron chi connectivity index (χ1n) is 4.40. The minimum atomic E-state index is -1.08. The summed E-state index contributed by atoms with van der Waals surface area (Å²) in [6.45, 7) is 0.110. The molecule has 0 fully saturated rings. The summed E-state index contributed by atoms with van der Waals surface area (Å²) in [6.07, 6.45) is 0. The van der Waals surface area contributed by atoms with Crippen molar-refractivity contribution in [2.75, 3.05) is 6.54 Å². The highest BCUT2D eigenvalue weighted by Crippen LogP contribution is 2.06. The number of carbonyl (C=O) groups is 2. The van der Waals surface area contributed by atoms with Crippen LogP contribution in [-0.2, 0) is 0 Å². The van der Waals surface area contributed by atoms with Gasteiger partial charge in [0.2, 0.25) is 0 Å². The van der Waals surface area contributed by atoms with Gasteiger partial charge in [-0.2, -0.15) is 0 Å². The lowest BCUT2D eigenvalue weighted by atomic mass is 10.1. The number of alkyl halides is 2. The Hall–Kier alpha value is -1.26. The second-order valence-corrected chi connectivity index (χ2v) is 4.26. The van der Waals surface area contributed by atoms with Crippen LogP contribution in [0.3, 0.4) is 0 Å². The predicted octanol–water partition coefficient (Wildman–Crippen LogP) is 1.92. The van der Waals surface area contributed by atoms with Crippen molar-refractivity contribution in [3.63, 3.8) is 0 Å². The van der Waals surface area contributed by atoms with Crippen molar-refractivity contribution in [2.45, 2.75) is 4.84 Å². The van der Waals surface area contributed by atoms with Crippen molar-refractivity contribution in [1.29, 1.82) is 0 Å². The van der Waals surface area contributed by atoms with E-state index in [1.165, 1.54) is 24.3 Å². The molecule has 0 bridgehead atoms. The van der Waals surface area contributed by atoms with E-state index in [4.69, 9.17) is 28.3 Å². The molecule has 0 unspecified atom stereocenters. The molecule has 0 radical (unpaired) electrons. The van der Waals surface area contributed by atoms with E-state index in [1.54, 1.807) is 0 Å². The van der Waals surface area contributed by atoms with Crippen LogP contribution in [0, 0.1) is 0 Å². The summed E-state index contributed by atoms with van der Waals surface area (Å²) in [5.41, 5.74) is 0.315. The molecule has 1 amide bonds. The van der Waals surface area contributed by atoms with Crippen LogP contribution in [0.25, 0.3) is 0 Å². The van der Waals surface area contributed by atoms with Crippen molar-refractivity contribution in [1.82, 2.24) is 5.32 Å². The number of benzene rings is 1. The molecule has 2 N–H and O–H groups in total. The molecular weight excluding hydrogens is 253 g/mol. The van der Waals surface area contributed by atoms with Crippen LogP contribution >= 0.6 is 23.2 Å². The number of halogens is 2. The number of carbonyl (C=O) groups excluding carboxylic acids is 1. The minimum absolute atomic E-state index is 0.0564. The molecule has 0 spiro atoms. The van der Waals surface area contributed by atoms with E-state index >= 15 is 0 Å². The molecule has 0 saturated carbocycles. The van der Waals surface area contributed by atoms with Gasteiger partial charge >= 0.3 is 5.97 Å². The molecule has 0 saturated heterocycles. The number of rotatable bonds is 4. The van der Waals surface area contributed by atoms with E-state index in [2.05, 4.69) is 5.32 Å². The van der Waals surface area contributed by atoms with E-state index in [-0.39, 0.29) is 17.7 Å².